The molecule has 0 rings (SSSR count). The van der Waals surface area contributed by atoms with E-state index < -0.39 is 25.0 Å². The van der Waals surface area contributed by atoms with E-state index >= 15 is 0 Å². The van der Waals surface area contributed by atoms with Gasteiger partial charge < -0.3 is 13.3 Å². The van der Waals surface area contributed by atoms with Crippen molar-refractivity contribution in [2.45, 2.75) is 78.2 Å². The van der Waals surface area contributed by atoms with Crippen LogP contribution in [0.3, 0.4) is 0 Å². The zero-order valence-electron chi connectivity index (χ0n) is 14.9. The molecule has 0 heterocycles. The third-order valence-corrected chi connectivity index (χ3v) is 9.30. The lowest BCUT2D eigenvalue weighted by Crippen LogP contribution is -2.38. The second-order valence-electron chi connectivity index (χ2n) is 7.23. The van der Waals surface area contributed by atoms with E-state index in [-0.39, 0.29) is 0 Å². The van der Waals surface area contributed by atoms with Gasteiger partial charge in [0, 0.05) is 0 Å². The van der Waals surface area contributed by atoms with E-state index in [0.717, 1.165) is 18.1 Å². The van der Waals surface area contributed by atoms with E-state index in [2.05, 4.69) is 60.1 Å². The molecule has 0 aliphatic rings. The van der Waals surface area contributed by atoms with Crippen LogP contribution in [0.1, 0.15) is 20.8 Å². The minimum Gasteiger partial charge on any atom is -0.545 e. The number of hydrogen-bond donors (Lipinski definition) is 0. The quantitative estimate of drug-likeness (QED) is 0.411. The SMILES string of the molecule is CC[Si](CC)(CC)OC(=CO[Si](C)(C)C)O[Si](C)(C)C. The van der Waals surface area contributed by atoms with Crippen LogP contribution in [-0.4, -0.2) is 25.0 Å². The Kier molecular flexibility index (Phi) is 7.62. The number of hydrogen-bond acceptors (Lipinski definition) is 3. The minimum atomic E-state index is -1.71. The Hall–Kier alpha value is -0.209. The molecule has 0 unspecified atom stereocenters. The molecule has 0 aliphatic heterocycles. The van der Waals surface area contributed by atoms with Gasteiger partial charge >= 0.3 is 0 Å². The van der Waals surface area contributed by atoms with Crippen molar-refractivity contribution in [2.24, 2.45) is 0 Å². The van der Waals surface area contributed by atoms with E-state index in [0.29, 0.717) is 5.95 Å². The molecule has 0 aliphatic carbocycles. The lowest BCUT2D eigenvalue weighted by Gasteiger charge is -2.33. The Morgan fingerprint density at radius 1 is 0.750 bits per heavy atom. The minimum absolute atomic E-state index is 0.629. The lowest BCUT2D eigenvalue weighted by molar-refractivity contribution is 0.193. The summed E-state index contributed by atoms with van der Waals surface area (Å²) < 4.78 is 18.4. The van der Waals surface area contributed by atoms with Gasteiger partial charge in [-0.15, -0.1) is 0 Å². The van der Waals surface area contributed by atoms with Crippen molar-refractivity contribution in [3.63, 3.8) is 0 Å². The van der Waals surface area contributed by atoms with Crippen LogP contribution < -0.4 is 0 Å². The van der Waals surface area contributed by atoms with Gasteiger partial charge in [0.05, 0.1) is 0 Å². The zero-order valence-corrected chi connectivity index (χ0v) is 17.9. The van der Waals surface area contributed by atoms with Crippen LogP contribution in [0.4, 0.5) is 0 Å². The number of rotatable bonds is 9. The Bertz CT molecular complexity index is 304. The molecule has 20 heavy (non-hydrogen) atoms. The topological polar surface area (TPSA) is 27.7 Å². The first-order valence-corrected chi connectivity index (χ1v) is 17.1. The molecule has 0 atom stereocenters. The van der Waals surface area contributed by atoms with Gasteiger partial charge in [-0.1, -0.05) is 20.8 Å². The highest BCUT2D eigenvalue weighted by molar-refractivity contribution is 6.74. The van der Waals surface area contributed by atoms with Crippen molar-refractivity contribution in [1.82, 2.24) is 0 Å². The van der Waals surface area contributed by atoms with Crippen LogP contribution in [0.15, 0.2) is 12.2 Å². The molecule has 0 saturated heterocycles. The fraction of sp³-hybridized carbons (Fsp3) is 0.857. The second-order valence-corrected chi connectivity index (χ2v) is 20.8. The third kappa shape index (κ3) is 8.16. The molecule has 0 N–H and O–H groups in total. The maximum Gasteiger partial charge on any atom is 0.286 e. The fourth-order valence-electron chi connectivity index (χ4n) is 1.78. The normalized spacial score (nSPS) is 14.2. The van der Waals surface area contributed by atoms with Crippen LogP contribution in [0.5, 0.6) is 0 Å². The first kappa shape index (κ1) is 19.8. The molecule has 0 aromatic carbocycles. The predicted octanol–water partition coefficient (Wildman–Crippen LogP) is 5.51. The first-order chi connectivity index (χ1) is 8.97. The van der Waals surface area contributed by atoms with E-state index in [4.69, 9.17) is 13.3 Å². The predicted molar refractivity (Wildman–Crippen MR) is 95.2 cm³/mol. The molecule has 0 aromatic heterocycles. The average molecular weight is 335 g/mol. The lowest BCUT2D eigenvalue weighted by atomic mass is 10.9. The summed E-state index contributed by atoms with van der Waals surface area (Å²) in [6.45, 7) is 19.7. The molecule has 0 spiro atoms. The van der Waals surface area contributed by atoms with Gasteiger partial charge in [0.25, 0.3) is 14.3 Å². The smallest absolute Gasteiger partial charge is 0.286 e. The van der Waals surface area contributed by atoms with Crippen molar-refractivity contribution in [3.05, 3.63) is 12.2 Å². The van der Waals surface area contributed by atoms with Crippen LogP contribution in [-0.2, 0) is 13.3 Å². The van der Waals surface area contributed by atoms with E-state index in [1.54, 1.807) is 6.26 Å². The third-order valence-electron chi connectivity index (χ3n) is 3.17. The van der Waals surface area contributed by atoms with Crippen molar-refractivity contribution in [3.8, 4) is 0 Å². The Morgan fingerprint density at radius 3 is 1.50 bits per heavy atom. The fourth-order valence-corrected chi connectivity index (χ4v) is 5.45. The molecule has 0 bridgehead atoms. The molecule has 0 radical (unpaired) electrons. The average Bonchev–Trinajstić information content (AvgIpc) is 2.30. The summed E-state index contributed by atoms with van der Waals surface area (Å²) in [4.78, 5) is 0. The highest BCUT2D eigenvalue weighted by atomic mass is 28.4. The molecule has 0 aromatic rings. The zero-order chi connectivity index (χ0) is 16.0. The maximum absolute atomic E-state index is 6.37. The van der Waals surface area contributed by atoms with Gasteiger partial charge in [0.15, 0.2) is 0 Å². The molecular weight excluding hydrogens is 300 g/mol. The van der Waals surface area contributed by atoms with Gasteiger partial charge in [-0.05, 0) is 57.4 Å². The monoisotopic (exact) mass is 334 g/mol. The Morgan fingerprint density at radius 2 is 1.20 bits per heavy atom. The van der Waals surface area contributed by atoms with Crippen molar-refractivity contribution < 1.29 is 13.3 Å². The second kappa shape index (κ2) is 7.70. The summed E-state index contributed by atoms with van der Waals surface area (Å²) in [6.07, 6.45) is 1.74. The van der Waals surface area contributed by atoms with Crippen molar-refractivity contribution in [2.75, 3.05) is 0 Å². The molecular formula is C14H34O3Si3. The van der Waals surface area contributed by atoms with Crippen LogP contribution in [0.2, 0.25) is 57.4 Å². The highest BCUT2D eigenvalue weighted by Gasteiger charge is 2.33. The first-order valence-electron chi connectivity index (χ1n) is 7.73. The van der Waals surface area contributed by atoms with E-state index in [9.17, 15) is 0 Å². The van der Waals surface area contributed by atoms with Crippen LogP contribution in [0, 0.1) is 0 Å². The summed E-state index contributed by atoms with van der Waals surface area (Å²) in [5.74, 6) is 0.629. The van der Waals surface area contributed by atoms with Crippen LogP contribution >= 0.6 is 0 Å². The van der Waals surface area contributed by atoms with Gasteiger partial charge in [-0.3, -0.25) is 0 Å². The molecule has 0 fully saturated rings. The van der Waals surface area contributed by atoms with Gasteiger partial charge in [-0.25, -0.2) is 0 Å². The molecule has 120 valence electrons. The van der Waals surface area contributed by atoms with Crippen molar-refractivity contribution >= 4 is 25.0 Å². The standard InChI is InChI=1S/C14H34O3Si3/c1-10-20(11-2,12-3)17-14(16-19(7,8)9)13-15-18(4,5)6/h13H,10-12H2,1-9H3. The van der Waals surface area contributed by atoms with Crippen LogP contribution in [0.25, 0.3) is 0 Å². The maximum atomic E-state index is 6.37. The molecule has 0 saturated carbocycles. The van der Waals surface area contributed by atoms with Gasteiger partial charge in [-0.2, -0.15) is 0 Å². The summed E-state index contributed by atoms with van der Waals surface area (Å²) in [7, 11) is -5.01. The summed E-state index contributed by atoms with van der Waals surface area (Å²) >= 11 is 0. The van der Waals surface area contributed by atoms with Crippen molar-refractivity contribution in [1.29, 1.82) is 0 Å². The summed E-state index contributed by atoms with van der Waals surface area (Å²) in [6, 6.07) is 3.33. The van der Waals surface area contributed by atoms with Gasteiger partial charge in [0.1, 0.15) is 6.26 Å². The Labute approximate surface area is 129 Å². The summed E-state index contributed by atoms with van der Waals surface area (Å²) in [5.41, 5.74) is 0. The molecule has 0 amide bonds. The molecule has 6 heteroatoms. The highest BCUT2D eigenvalue weighted by Crippen LogP contribution is 2.27. The Balaban J connectivity index is 5.12. The summed E-state index contributed by atoms with van der Waals surface area (Å²) in [5, 5.41) is 0. The van der Waals surface area contributed by atoms with E-state index in [1.807, 2.05) is 0 Å². The van der Waals surface area contributed by atoms with E-state index in [1.165, 1.54) is 0 Å². The largest absolute Gasteiger partial charge is 0.545 e. The van der Waals surface area contributed by atoms with Gasteiger partial charge in [0.2, 0.25) is 16.6 Å². The molecule has 3 nitrogen and oxygen atoms in total.